The molecule has 0 spiro atoms. The number of thioether (sulfide) groups is 1. The van der Waals surface area contributed by atoms with Gasteiger partial charge in [-0.2, -0.15) is 0 Å². The number of rotatable bonds is 3. The van der Waals surface area contributed by atoms with Gasteiger partial charge in [-0.05, 0) is 13.8 Å². The molecule has 0 aliphatic rings. The Labute approximate surface area is 84.5 Å². The molecule has 0 fully saturated rings. The first-order chi connectivity index (χ1) is 6.52. The van der Waals surface area contributed by atoms with E-state index in [9.17, 15) is 9.59 Å². The minimum Gasteiger partial charge on any atom is -0.334 e. The van der Waals surface area contributed by atoms with Gasteiger partial charge < -0.3 is 5.84 Å². The summed E-state index contributed by atoms with van der Waals surface area (Å²) in [6, 6.07) is 0. The third-order valence-corrected chi connectivity index (χ3v) is 2.75. The van der Waals surface area contributed by atoms with Crippen LogP contribution in [-0.4, -0.2) is 26.4 Å². The second-order valence-corrected chi connectivity index (χ2v) is 3.70. The smallest absolute Gasteiger partial charge is 0.334 e. The lowest BCUT2D eigenvalue weighted by Gasteiger charge is -2.06. The second-order valence-electron chi connectivity index (χ2n) is 2.73. The molecule has 0 atom stereocenters. The van der Waals surface area contributed by atoms with E-state index in [4.69, 9.17) is 5.84 Å². The fraction of sp³-hybridized carbons (Fsp3) is 0.429. The summed E-state index contributed by atoms with van der Waals surface area (Å²) in [5.74, 6) is 5.72. The topological polar surface area (TPSA) is 90.9 Å². The average Bonchev–Trinajstić information content (AvgIpc) is 2.11. The van der Waals surface area contributed by atoms with Gasteiger partial charge in [0.1, 0.15) is 10.8 Å². The summed E-state index contributed by atoms with van der Waals surface area (Å²) < 4.78 is 0.899. The summed E-state index contributed by atoms with van der Waals surface area (Å²) in [5, 5.41) is 7.39. The molecule has 1 aromatic heterocycles. The first kappa shape index (κ1) is 10.7. The van der Waals surface area contributed by atoms with Gasteiger partial charge in [-0.3, -0.25) is 4.79 Å². The molecule has 0 saturated heterocycles. The van der Waals surface area contributed by atoms with Crippen LogP contribution in [0.4, 0.5) is 0 Å². The Bertz CT molecular complexity index is 415. The maximum atomic E-state index is 11.0. The summed E-state index contributed by atoms with van der Waals surface area (Å²) in [4.78, 5) is 21.7. The summed E-state index contributed by atoms with van der Waals surface area (Å²) >= 11 is 1.18. The molecule has 1 rings (SSSR count). The van der Waals surface area contributed by atoms with E-state index in [1.165, 1.54) is 18.7 Å². The normalized spacial score (nSPS) is 10.1. The summed E-state index contributed by atoms with van der Waals surface area (Å²) in [6.07, 6.45) is 0. The number of Topliss-reactive ketones (excluding diaryl/α,β-unsaturated/α-hetero) is 1. The number of ketones is 1. The Morgan fingerprint density at radius 1 is 1.57 bits per heavy atom. The van der Waals surface area contributed by atoms with Gasteiger partial charge in [0.15, 0.2) is 0 Å². The van der Waals surface area contributed by atoms with Crippen LogP contribution >= 0.6 is 11.8 Å². The van der Waals surface area contributed by atoms with E-state index in [1.54, 1.807) is 6.92 Å². The third kappa shape index (κ3) is 2.32. The van der Waals surface area contributed by atoms with Gasteiger partial charge in [0.25, 0.3) is 0 Å². The number of nitrogens with zero attached hydrogens (tertiary/aromatic N) is 3. The SMILES string of the molecule is CC(=O)CSc1c(C)nnc(=O)n1N. The van der Waals surface area contributed by atoms with Crippen molar-refractivity contribution in [3.8, 4) is 0 Å². The number of aromatic nitrogens is 3. The highest BCUT2D eigenvalue weighted by Gasteiger charge is 2.08. The van der Waals surface area contributed by atoms with Crippen LogP contribution in [0.25, 0.3) is 0 Å². The van der Waals surface area contributed by atoms with E-state index in [0.717, 1.165) is 4.68 Å². The van der Waals surface area contributed by atoms with Crippen LogP contribution in [0, 0.1) is 6.92 Å². The van der Waals surface area contributed by atoms with Crippen molar-refractivity contribution in [2.24, 2.45) is 0 Å². The van der Waals surface area contributed by atoms with Crippen LogP contribution in [0.15, 0.2) is 9.82 Å². The molecule has 0 radical (unpaired) electrons. The van der Waals surface area contributed by atoms with Crippen LogP contribution in [-0.2, 0) is 4.79 Å². The number of hydrogen-bond acceptors (Lipinski definition) is 6. The molecule has 6 nitrogen and oxygen atoms in total. The zero-order valence-corrected chi connectivity index (χ0v) is 8.67. The molecule has 1 heterocycles. The van der Waals surface area contributed by atoms with E-state index < -0.39 is 5.69 Å². The summed E-state index contributed by atoms with van der Waals surface area (Å²) in [6.45, 7) is 3.15. The highest BCUT2D eigenvalue weighted by Crippen LogP contribution is 2.16. The molecular formula is C7H10N4O2S. The average molecular weight is 214 g/mol. The summed E-state index contributed by atoms with van der Waals surface area (Å²) in [7, 11) is 0. The Balaban J connectivity index is 3.01. The minimum absolute atomic E-state index is 0.0126. The van der Waals surface area contributed by atoms with Gasteiger partial charge in [0.05, 0.1) is 11.4 Å². The van der Waals surface area contributed by atoms with Crippen molar-refractivity contribution in [3.05, 3.63) is 16.2 Å². The first-order valence-corrected chi connectivity index (χ1v) is 4.84. The zero-order valence-electron chi connectivity index (χ0n) is 7.85. The first-order valence-electron chi connectivity index (χ1n) is 3.86. The van der Waals surface area contributed by atoms with Crippen molar-refractivity contribution >= 4 is 17.5 Å². The van der Waals surface area contributed by atoms with Crippen molar-refractivity contribution in [1.82, 2.24) is 14.9 Å². The predicted molar refractivity (Wildman–Crippen MR) is 52.6 cm³/mol. The Morgan fingerprint density at radius 2 is 2.21 bits per heavy atom. The second kappa shape index (κ2) is 4.23. The molecule has 2 N–H and O–H groups in total. The number of carbonyl (C=O) groups is 1. The molecule has 0 unspecified atom stereocenters. The van der Waals surface area contributed by atoms with Gasteiger partial charge in [0, 0.05) is 0 Å². The van der Waals surface area contributed by atoms with Gasteiger partial charge in [0.2, 0.25) is 0 Å². The van der Waals surface area contributed by atoms with Gasteiger partial charge in [-0.25, -0.2) is 9.47 Å². The van der Waals surface area contributed by atoms with E-state index in [0.29, 0.717) is 10.7 Å². The number of hydrogen-bond donors (Lipinski definition) is 1. The molecule has 0 aliphatic carbocycles. The quantitative estimate of drug-likeness (QED) is 0.530. The fourth-order valence-electron chi connectivity index (χ4n) is 0.814. The molecule has 14 heavy (non-hydrogen) atoms. The molecule has 76 valence electrons. The van der Waals surface area contributed by atoms with Gasteiger partial charge in [-0.15, -0.1) is 5.10 Å². The van der Waals surface area contributed by atoms with Gasteiger partial charge >= 0.3 is 5.69 Å². The highest BCUT2D eigenvalue weighted by atomic mass is 32.2. The molecular weight excluding hydrogens is 204 g/mol. The Hall–Kier alpha value is -1.37. The molecule has 1 aromatic rings. The summed E-state index contributed by atoms with van der Waals surface area (Å²) in [5.41, 5.74) is -0.0833. The maximum Gasteiger partial charge on any atom is 0.385 e. The molecule has 0 aromatic carbocycles. The lowest BCUT2D eigenvalue weighted by Crippen LogP contribution is -2.32. The van der Waals surface area contributed by atoms with Crippen molar-refractivity contribution in [2.45, 2.75) is 18.9 Å². The van der Waals surface area contributed by atoms with Crippen LogP contribution in [0.5, 0.6) is 0 Å². The Kier molecular flexibility index (Phi) is 3.23. The standard InChI is InChI=1S/C7H10N4O2S/c1-4(12)3-14-6-5(2)9-10-7(13)11(6)8/h3,8H2,1-2H3. The molecule has 0 bridgehead atoms. The number of carbonyl (C=O) groups excluding carboxylic acids is 1. The molecule has 0 saturated carbocycles. The largest absolute Gasteiger partial charge is 0.385 e. The lowest BCUT2D eigenvalue weighted by atomic mass is 10.5. The van der Waals surface area contributed by atoms with E-state index in [2.05, 4.69) is 10.2 Å². The van der Waals surface area contributed by atoms with E-state index >= 15 is 0 Å². The Morgan fingerprint density at radius 3 is 2.79 bits per heavy atom. The van der Waals surface area contributed by atoms with E-state index in [-0.39, 0.29) is 11.5 Å². The van der Waals surface area contributed by atoms with Crippen LogP contribution in [0.2, 0.25) is 0 Å². The van der Waals surface area contributed by atoms with Crippen molar-refractivity contribution in [1.29, 1.82) is 0 Å². The number of nitrogens with two attached hydrogens (primary N) is 1. The van der Waals surface area contributed by atoms with E-state index in [1.807, 2.05) is 0 Å². The van der Waals surface area contributed by atoms with Crippen LogP contribution in [0.1, 0.15) is 12.6 Å². The predicted octanol–water partition coefficient (Wildman–Crippen LogP) is -0.658. The van der Waals surface area contributed by atoms with Crippen LogP contribution < -0.4 is 11.5 Å². The van der Waals surface area contributed by atoms with Gasteiger partial charge in [-0.1, -0.05) is 16.9 Å². The van der Waals surface area contributed by atoms with Crippen LogP contribution in [0.3, 0.4) is 0 Å². The molecule has 0 amide bonds. The third-order valence-electron chi connectivity index (χ3n) is 1.43. The molecule has 7 heteroatoms. The highest BCUT2D eigenvalue weighted by molar-refractivity contribution is 8.00. The maximum absolute atomic E-state index is 11.0. The van der Waals surface area contributed by atoms with Crippen molar-refractivity contribution in [2.75, 3.05) is 11.6 Å². The molecule has 0 aliphatic heterocycles. The monoisotopic (exact) mass is 214 g/mol. The van der Waals surface area contributed by atoms with Crippen molar-refractivity contribution in [3.63, 3.8) is 0 Å². The lowest BCUT2D eigenvalue weighted by molar-refractivity contribution is -0.114. The van der Waals surface area contributed by atoms with Crippen molar-refractivity contribution < 1.29 is 4.79 Å². The fourth-order valence-corrected chi connectivity index (χ4v) is 1.62. The number of aryl methyl sites for hydroxylation is 1. The number of nitrogen functional groups attached to an aromatic ring is 1. The zero-order chi connectivity index (χ0) is 10.7. The minimum atomic E-state index is -0.623.